The molecule has 2 amide bonds. The van der Waals surface area contributed by atoms with Gasteiger partial charge in [0.25, 0.3) is 0 Å². The number of carbonyl (C=O) groups excluding carboxylic acids is 2. The van der Waals surface area contributed by atoms with Gasteiger partial charge in [-0.2, -0.15) is 47.5 Å². The molecule has 0 fully saturated rings. The van der Waals surface area contributed by atoms with Crippen LogP contribution in [0.15, 0.2) is 84.9 Å². The fourth-order valence-corrected chi connectivity index (χ4v) is 3.54. The second-order valence-electron chi connectivity index (χ2n) is 11.2. The normalized spacial score (nSPS) is 11.9. The Bertz CT molecular complexity index is 1400. The molecule has 0 spiro atoms. The molecule has 0 aromatic heterocycles. The number of aryl methyl sites for hydroxylation is 4. The molecule has 0 unspecified atom stereocenters. The average Bonchev–Trinajstić information content (AvgIpc) is 3.08. The Hall–Kier alpha value is -2.53. The van der Waals surface area contributed by atoms with Gasteiger partial charge in [0.2, 0.25) is 11.8 Å². The SMILES string of the molecule is CO.CO.Cc1[c-]cc(NC(=O)[C@@](C)(O)COc2ccc(C)cc2)cc1.Cc1[c-]cc(NC(=O)[C@@](C)(O)COc2ccc(C)cc2)cc1.[Y].[Y]. The Kier molecular flexibility index (Phi) is 25.2. The molecule has 4 rings (SSSR count). The number of amides is 2. The first-order valence-corrected chi connectivity index (χ1v) is 15.1. The van der Waals surface area contributed by atoms with E-state index in [1.165, 1.54) is 13.8 Å². The van der Waals surface area contributed by atoms with E-state index in [0.717, 1.165) is 36.5 Å². The van der Waals surface area contributed by atoms with E-state index in [1.807, 2.05) is 64.1 Å². The van der Waals surface area contributed by atoms with Gasteiger partial charge in [-0.3, -0.25) is 9.59 Å². The van der Waals surface area contributed by atoms with E-state index >= 15 is 0 Å². The van der Waals surface area contributed by atoms with Gasteiger partial charge in [-0.05, 0) is 52.0 Å². The predicted molar refractivity (Wildman–Crippen MR) is 188 cm³/mol. The third-order valence-corrected chi connectivity index (χ3v) is 6.51. The van der Waals surface area contributed by atoms with E-state index < -0.39 is 23.0 Å². The third kappa shape index (κ3) is 18.6. The number of aliphatic hydroxyl groups excluding tert-OH is 2. The summed E-state index contributed by atoms with van der Waals surface area (Å²) >= 11 is 0. The molecule has 10 nitrogen and oxygen atoms in total. The number of nitrogens with one attached hydrogen (secondary N) is 2. The molecule has 0 aliphatic rings. The second-order valence-corrected chi connectivity index (χ2v) is 11.2. The zero-order valence-corrected chi connectivity index (χ0v) is 35.8. The molecular weight excluding hydrogens is 790 g/mol. The minimum Gasteiger partial charge on any atom is -0.490 e. The van der Waals surface area contributed by atoms with Crippen molar-refractivity contribution in [3.63, 3.8) is 0 Å². The summed E-state index contributed by atoms with van der Waals surface area (Å²) in [4.78, 5) is 24.3. The van der Waals surface area contributed by atoms with Gasteiger partial charge < -0.3 is 40.5 Å². The van der Waals surface area contributed by atoms with Crippen molar-refractivity contribution in [2.75, 3.05) is 38.1 Å². The van der Waals surface area contributed by atoms with Crippen LogP contribution in [0.1, 0.15) is 36.1 Å². The van der Waals surface area contributed by atoms with Crippen molar-refractivity contribution in [3.8, 4) is 11.5 Å². The summed E-state index contributed by atoms with van der Waals surface area (Å²) in [6, 6.07) is 31.4. The van der Waals surface area contributed by atoms with Crippen molar-refractivity contribution < 1.29 is 105 Å². The van der Waals surface area contributed by atoms with E-state index in [2.05, 4.69) is 22.8 Å². The summed E-state index contributed by atoms with van der Waals surface area (Å²) in [6.07, 6.45) is 0. The van der Waals surface area contributed by atoms with Crippen molar-refractivity contribution in [2.45, 2.75) is 52.7 Å². The number of anilines is 2. The van der Waals surface area contributed by atoms with Crippen LogP contribution >= 0.6 is 0 Å². The monoisotopic (exact) mass is 838 g/mol. The largest absolute Gasteiger partial charge is 0.490 e. The van der Waals surface area contributed by atoms with E-state index in [1.54, 1.807) is 48.5 Å². The van der Waals surface area contributed by atoms with Gasteiger partial charge in [0.1, 0.15) is 24.7 Å². The Balaban J connectivity index is 0. The third-order valence-electron chi connectivity index (χ3n) is 6.51. The van der Waals surface area contributed by atoms with Crippen LogP contribution in [-0.4, -0.2) is 70.9 Å². The van der Waals surface area contributed by atoms with Crippen LogP contribution in [0.4, 0.5) is 11.4 Å². The number of carbonyl (C=O) groups is 2. The summed E-state index contributed by atoms with van der Waals surface area (Å²) in [5.74, 6) is 0.193. The van der Waals surface area contributed by atoms with Crippen LogP contribution in [0.3, 0.4) is 0 Å². The van der Waals surface area contributed by atoms with Gasteiger partial charge in [-0.15, -0.1) is 12.1 Å². The number of rotatable bonds is 10. The van der Waals surface area contributed by atoms with Crippen molar-refractivity contribution in [1.82, 2.24) is 0 Å². The molecule has 2 atom stereocenters. The van der Waals surface area contributed by atoms with Gasteiger partial charge in [-0.25, -0.2) is 0 Å². The minimum atomic E-state index is -1.63. The van der Waals surface area contributed by atoms with E-state index in [4.69, 9.17) is 19.7 Å². The fourth-order valence-electron chi connectivity index (χ4n) is 3.54. The van der Waals surface area contributed by atoms with Gasteiger partial charge >= 0.3 is 0 Å². The molecule has 4 aromatic carbocycles. The van der Waals surface area contributed by atoms with E-state index in [9.17, 15) is 19.8 Å². The first kappa shape index (κ1) is 49.6. The number of benzene rings is 4. The number of hydrogen-bond acceptors (Lipinski definition) is 8. The van der Waals surface area contributed by atoms with Crippen molar-refractivity contribution in [2.24, 2.45) is 0 Å². The maximum absolute atomic E-state index is 12.1. The summed E-state index contributed by atoms with van der Waals surface area (Å²) in [5.41, 5.74) is 2.11. The summed E-state index contributed by atoms with van der Waals surface area (Å²) in [7, 11) is 2.00. The van der Waals surface area contributed by atoms with E-state index in [0.29, 0.717) is 22.9 Å². The zero-order valence-electron chi connectivity index (χ0n) is 30.1. The molecule has 0 aliphatic carbocycles. The average molecular weight is 839 g/mol. The van der Waals surface area contributed by atoms with E-state index in [-0.39, 0.29) is 78.6 Å². The number of hydrogen-bond donors (Lipinski definition) is 6. The maximum Gasteiger partial charge on any atom is 0.248 e. The van der Waals surface area contributed by atoms with Crippen LogP contribution in [-0.2, 0) is 75.0 Å². The topological polar surface area (TPSA) is 158 Å². The van der Waals surface area contributed by atoms with Crippen molar-refractivity contribution in [3.05, 3.63) is 119 Å². The minimum absolute atomic E-state index is 0. The molecule has 2 radical (unpaired) electrons. The van der Waals surface area contributed by atoms with Crippen LogP contribution in [0.25, 0.3) is 0 Å². The molecule has 0 bridgehead atoms. The second kappa shape index (κ2) is 25.4. The molecule has 0 saturated heterocycles. The molecule has 266 valence electrons. The molecular formula is C38H48N2O8Y2-2. The predicted octanol–water partition coefficient (Wildman–Crippen LogP) is 4.96. The maximum atomic E-state index is 12.1. The van der Waals surface area contributed by atoms with Gasteiger partial charge in [0, 0.05) is 79.6 Å². The van der Waals surface area contributed by atoms with Gasteiger partial charge in [0.15, 0.2) is 11.2 Å². The summed E-state index contributed by atoms with van der Waals surface area (Å²) in [5, 5.41) is 39.8. The van der Waals surface area contributed by atoms with Crippen LogP contribution < -0.4 is 20.1 Å². The molecule has 0 heterocycles. The molecule has 0 aliphatic heterocycles. The summed E-state index contributed by atoms with van der Waals surface area (Å²) < 4.78 is 11.0. The van der Waals surface area contributed by atoms with Crippen LogP contribution in [0, 0.1) is 39.8 Å². The van der Waals surface area contributed by atoms with Gasteiger partial charge in [-0.1, -0.05) is 60.6 Å². The summed E-state index contributed by atoms with van der Waals surface area (Å²) in [6.45, 7) is 10.4. The molecule has 6 N–H and O–H groups in total. The molecule has 4 aromatic rings. The Labute approximate surface area is 346 Å². The fraction of sp³-hybridized carbons (Fsp3) is 0.316. The van der Waals surface area contributed by atoms with Crippen LogP contribution in [0.2, 0.25) is 0 Å². The first-order chi connectivity index (χ1) is 22.7. The molecule has 0 saturated carbocycles. The first-order valence-electron chi connectivity index (χ1n) is 15.1. The van der Waals surface area contributed by atoms with Crippen molar-refractivity contribution >= 4 is 23.2 Å². The quantitative estimate of drug-likeness (QED) is 0.123. The molecule has 12 heteroatoms. The number of aliphatic hydroxyl groups is 4. The smallest absolute Gasteiger partial charge is 0.248 e. The van der Waals surface area contributed by atoms with Gasteiger partial charge in [0.05, 0.1) is 0 Å². The Morgan fingerprint density at radius 2 is 0.880 bits per heavy atom. The standard InChI is InChI=1S/2C18H20NO3.2CH4O.2Y/c2*1-13-4-8-15(9-5-13)19-17(20)18(3,21)12-22-16-10-6-14(2)7-11-16;2*1-2;;/h2*4,6-11,21H,12H2,1-3H3,(H,19,20);2*2H,1H3;;/q2*-1;;;;/t2*18-;;;;/m00..../s1. The molecule has 50 heavy (non-hydrogen) atoms. The van der Waals surface area contributed by atoms with Crippen molar-refractivity contribution in [1.29, 1.82) is 0 Å². The Morgan fingerprint density at radius 3 is 1.14 bits per heavy atom. The zero-order chi connectivity index (χ0) is 36.3. The number of ether oxygens (including phenoxy) is 2. The van der Waals surface area contributed by atoms with Crippen LogP contribution in [0.5, 0.6) is 11.5 Å². The Morgan fingerprint density at radius 1 is 0.580 bits per heavy atom.